The lowest BCUT2D eigenvalue weighted by molar-refractivity contribution is 0.511. The minimum Gasteiger partial charge on any atom is -0.307 e. The molecule has 1 fully saturated rings. The second-order valence-electron chi connectivity index (χ2n) is 5.02. The van der Waals surface area contributed by atoms with E-state index in [0.717, 1.165) is 17.8 Å². The van der Waals surface area contributed by atoms with Crippen LogP contribution < -0.4 is 5.32 Å². The van der Waals surface area contributed by atoms with Gasteiger partial charge in [-0.25, -0.2) is 0 Å². The highest BCUT2D eigenvalue weighted by Crippen LogP contribution is 2.39. The summed E-state index contributed by atoms with van der Waals surface area (Å²) in [5.74, 6) is 0. The van der Waals surface area contributed by atoms with Gasteiger partial charge in [-0.2, -0.15) is 5.10 Å². The van der Waals surface area contributed by atoms with E-state index in [4.69, 9.17) is 11.6 Å². The normalized spacial score (nSPS) is 25.2. The number of H-pyrrole nitrogens is 1. The zero-order valence-corrected chi connectivity index (χ0v) is 10.5. The predicted octanol–water partition coefficient (Wildman–Crippen LogP) is 2.47. The van der Waals surface area contributed by atoms with E-state index in [2.05, 4.69) is 20.5 Å². The van der Waals surface area contributed by atoms with Gasteiger partial charge in [0, 0.05) is 41.0 Å². The Morgan fingerprint density at radius 1 is 1.33 bits per heavy atom. The molecule has 0 amide bonds. The van der Waals surface area contributed by atoms with Crippen molar-refractivity contribution in [3.63, 3.8) is 0 Å². The minimum atomic E-state index is 0.424. The van der Waals surface area contributed by atoms with Gasteiger partial charge in [0.25, 0.3) is 0 Å². The summed E-state index contributed by atoms with van der Waals surface area (Å²) >= 11 is 6.03. The molecule has 4 heterocycles. The third-order valence-electron chi connectivity index (χ3n) is 3.89. The van der Waals surface area contributed by atoms with Gasteiger partial charge in [0.05, 0.1) is 5.69 Å². The fraction of sp³-hybridized carbons (Fsp3) is 0.385. The van der Waals surface area contributed by atoms with E-state index in [1.165, 1.54) is 24.1 Å². The van der Waals surface area contributed by atoms with Gasteiger partial charge in [0.1, 0.15) is 5.69 Å². The Morgan fingerprint density at radius 3 is 3.17 bits per heavy atom. The molecule has 4 rings (SSSR count). The molecule has 2 aliphatic heterocycles. The van der Waals surface area contributed by atoms with E-state index in [9.17, 15) is 0 Å². The summed E-state index contributed by atoms with van der Waals surface area (Å²) in [6.07, 6.45) is 5.20. The van der Waals surface area contributed by atoms with Crippen LogP contribution in [0.2, 0.25) is 5.02 Å². The van der Waals surface area contributed by atoms with Crippen LogP contribution in [0.1, 0.15) is 30.1 Å². The van der Waals surface area contributed by atoms with Crippen LogP contribution in [0.15, 0.2) is 18.3 Å². The van der Waals surface area contributed by atoms with Crippen LogP contribution in [-0.4, -0.2) is 21.2 Å². The van der Waals surface area contributed by atoms with E-state index < -0.39 is 0 Å². The highest BCUT2D eigenvalue weighted by Gasteiger charge is 2.36. The number of nitrogens with one attached hydrogen (secondary N) is 2. The van der Waals surface area contributed by atoms with Crippen LogP contribution in [0.4, 0.5) is 0 Å². The van der Waals surface area contributed by atoms with Gasteiger partial charge in [0.2, 0.25) is 0 Å². The number of halogens is 1. The number of fused-ring (bicyclic) bond motifs is 4. The van der Waals surface area contributed by atoms with Crippen molar-refractivity contribution in [1.29, 1.82) is 0 Å². The molecule has 1 saturated heterocycles. The first kappa shape index (κ1) is 10.5. The van der Waals surface area contributed by atoms with E-state index in [0.29, 0.717) is 17.1 Å². The lowest BCUT2D eigenvalue weighted by atomic mass is 9.98. The summed E-state index contributed by atoms with van der Waals surface area (Å²) in [5, 5.41) is 11.9. The molecule has 2 bridgehead atoms. The molecule has 92 valence electrons. The molecule has 5 heteroatoms. The molecule has 18 heavy (non-hydrogen) atoms. The Hall–Kier alpha value is -1.39. The van der Waals surface area contributed by atoms with E-state index in [1.807, 2.05) is 6.07 Å². The molecule has 0 saturated carbocycles. The van der Waals surface area contributed by atoms with Crippen molar-refractivity contribution in [1.82, 2.24) is 20.5 Å². The average molecular weight is 261 g/mol. The van der Waals surface area contributed by atoms with Gasteiger partial charge >= 0.3 is 0 Å². The third-order valence-corrected chi connectivity index (χ3v) is 4.12. The Morgan fingerprint density at radius 2 is 2.28 bits per heavy atom. The van der Waals surface area contributed by atoms with E-state index in [-0.39, 0.29) is 0 Å². The molecule has 0 radical (unpaired) electrons. The van der Waals surface area contributed by atoms with E-state index in [1.54, 1.807) is 12.3 Å². The topological polar surface area (TPSA) is 53.6 Å². The van der Waals surface area contributed by atoms with Crippen molar-refractivity contribution < 1.29 is 0 Å². The number of hydrogen-bond acceptors (Lipinski definition) is 3. The van der Waals surface area contributed by atoms with Crippen LogP contribution in [0.5, 0.6) is 0 Å². The van der Waals surface area contributed by atoms with Crippen LogP contribution in [0.3, 0.4) is 0 Å². The number of aromatic amines is 1. The van der Waals surface area contributed by atoms with Gasteiger partial charge in [-0.15, -0.1) is 0 Å². The van der Waals surface area contributed by atoms with E-state index >= 15 is 0 Å². The molecule has 0 aliphatic carbocycles. The fourth-order valence-corrected chi connectivity index (χ4v) is 3.26. The number of pyridine rings is 1. The van der Waals surface area contributed by atoms with Crippen molar-refractivity contribution >= 4 is 11.6 Å². The predicted molar refractivity (Wildman–Crippen MR) is 69.4 cm³/mol. The summed E-state index contributed by atoms with van der Waals surface area (Å²) in [4.78, 5) is 4.38. The Labute approximate surface area is 110 Å². The van der Waals surface area contributed by atoms with Crippen LogP contribution in [0, 0.1) is 0 Å². The van der Waals surface area contributed by atoms with Gasteiger partial charge in [0.15, 0.2) is 0 Å². The quantitative estimate of drug-likeness (QED) is 0.828. The Kier molecular flexibility index (Phi) is 2.22. The van der Waals surface area contributed by atoms with Gasteiger partial charge in [-0.05, 0) is 25.0 Å². The monoisotopic (exact) mass is 260 g/mol. The maximum absolute atomic E-state index is 6.03. The molecule has 0 unspecified atom stereocenters. The number of rotatable bonds is 1. The van der Waals surface area contributed by atoms with Gasteiger partial charge in [-0.3, -0.25) is 10.1 Å². The molecule has 2 aliphatic rings. The van der Waals surface area contributed by atoms with Crippen molar-refractivity contribution in [2.24, 2.45) is 0 Å². The second kappa shape index (κ2) is 3.80. The van der Waals surface area contributed by atoms with Crippen molar-refractivity contribution in [3.8, 4) is 11.4 Å². The Bertz CT molecular complexity index is 607. The summed E-state index contributed by atoms with van der Waals surface area (Å²) < 4.78 is 0. The highest BCUT2D eigenvalue weighted by atomic mass is 35.5. The first-order valence-corrected chi connectivity index (χ1v) is 6.64. The number of aromatic nitrogens is 3. The fourth-order valence-electron chi connectivity index (χ4n) is 3.10. The lowest BCUT2D eigenvalue weighted by Crippen LogP contribution is -2.31. The molecule has 0 spiro atoms. The molecule has 4 nitrogen and oxygen atoms in total. The number of hydrogen-bond donors (Lipinski definition) is 2. The molecular weight excluding hydrogens is 248 g/mol. The molecule has 2 aromatic rings. The van der Waals surface area contributed by atoms with Crippen molar-refractivity contribution in [2.75, 3.05) is 0 Å². The third kappa shape index (κ3) is 1.49. The first-order valence-electron chi connectivity index (χ1n) is 6.26. The lowest BCUT2D eigenvalue weighted by Gasteiger charge is -2.21. The average Bonchev–Trinajstić information content (AvgIpc) is 2.95. The SMILES string of the molecule is Clc1ccnc(-c2n[nH]c3c2[C@H]2CC[C@H](C3)N2)c1. The smallest absolute Gasteiger partial charge is 0.116 e. The van der Waals surface area contributed by atoms with Gasteiger partial charge in [-0.1, -0.05) is 11.6 Å². The standard InChI is InChI=1S/C13H13ClN4/c14-7-3-4-15-11(5-7)13-12-9-2-1-8(16-9)6-10(12)17-18-13/h3-5,8-9,16H,1-2,6H2,(H,17,18)/t8-,9-/m1/s1. The molecule has 0 aromatic carbocycles. The molecular formula is C13H13ClN4. The van der Waals surface area contributed by atoms with Crippen molar-refractivity contribution in [3.05, 3.63) is 34.6 Å². The number of nitrogens with zero attached hydrogens (tertiary/aromatic N) is 2. The van der Waals surface area contributed by atoms with Crippen LogP contribution >= 0.6 is 11.6 Å². The molecule has 2 atom stereocenters. The summed E-state index contributed by atoms with van der Waals surface area (Å²) in [6.45, 7) is 0. The maximum atomic E-state index is 6.03. The zero-order valence-electron chi connectivity index (χ0n) is 9.78. The van der Waals surface area contributed by atoms with Crippen LogP contribution in [0.25, 0.3) is 11.4 Å². The highest BCUT2D eigenvalue weighted by molar-refractivity contribution is 6.30. The maximum Gasteiger partial charge on any atom is 0.116 e. The summed E-state index contributed by atoms with van der Waals surface area (Å²) in [5.41, 5.74) is 4.36. The molecule has 2 N–H and O–H groups in total. The van der Waals surface area contributed by atoms with Crippen LogP contribution in [-0.2, 0) is 6.42 Å². The summed E-state index contributed by atoms with van der Waals surface area (Å²) in [7, 11) is 0. The largest absolute Gasteiger partial charge is 0.307 e. The second-order valence-corrected chi connectivity index (χ2v) is 5.46. The minimum absolute atomic E-state index is 0.424. The Balaban J connectivity index is 1.86. The zero-order chi connectivity index (χ0) is 12.1. The summed E-state index contributed by atoms with van der Waals surface area (Å²) in [6, 6.07) is 4.70. The first-order chi connectivity index (χ1) is 8.81. The molecule has 2 aromatic heterocycles. The van der Waals surface area contributed by atoms with Crippen molar-refractivity contribution in [2.45, 2.75) is 31.3 Å². The van der Waals surface area contributed by atoms with Gasteiger partial charge < -0.3 is 5.32 Å².